The minimum Gasteiger partial charge on any atom is -0.335 e. The first-order chi connectivity index (χ1) is 7.48. The van der Waals surface area contributed by atoms with Gasteiger partial charge in [-0.25, -0.2) is 0 Å². The van der Waals surface area contributed by atoms with Gasteiger partial charge in [0.2, 0.25) is 0 Å². The molecule has 0 radical (unpaired) electrons. The molecule has 1 aromatic heterocycles. The van der Waals surface area contributed by atoms with E-state index < -0.39 is 0 Å². The summed E-state index contributed by atoms with van der Waals surface area (Å²) in [4.78, 5) is 14.0. The molecular weight excluding hydrogens is 204 g/mol. The number of aromatic nitrogens is 2. The molecule has 1 aliphatic heterocycles. The van der Waals surface area contributed by atoms with E-state index in [9.17, 15) is 4.79 Å². The summed E-state index contributed by atoms with van der Waals surface area (Å²) in [6, 6.07) is 0. The van der Waals surface area contributed by atoms with Gasteiger partial charge in [0.1, 0.15) is 0 Å². The van der Waals surface area contributed by atoms with Crippen LogP contribution in [0, 0.1) is 0 Å². The summed E-state index contributed by atoms with van der Waals surface area (Å²) in [5.74, 6) is 0.0719. The fourth-order valence-corrected chi connectivity index (χ4v) is 2.03. The molecule has 5 heteroatoms. The van der Waals surface area contributed by atoms with Crippen molar-refractivity contribution in [1.82, 2.24) is 20.0 Å². The summed E-state index contributed by atoms with van der Waals surface area (Å²) >= 11 is 0. The summed E-state index contributed by atoms with van der Waals surface area (Å²) in [6.45, 7) is 6.56. The fraction of sp³-hybridized carbons (Fsp3) is 0.636. The molecular formula is C11H18N4O. The molecule has 0 spiro atoms. The summed E-state index contributed by atoms with van der Waals surface area (Å²) in [5, 5.41) is 7.41. The number of carbonyl (C=O) groups is 1. The summed E-state index contributed by atoms with van der Waals surface area (Å²) in [7, 11) is 1.82. The average Bonchev–Trinajstić information content (AvgIpc) is 2.62. The predicted octanol–water partition coefficient (Wildman–Crippen LogP) is 0.244. The van der Waals surface area contributed by atoms with Gasteiger partial charge in [-0.1, -0.05) is 0 Å². The van der Waals surface area contributed by atoms with E-state index in [1.165, 1.54) is 0 Å². The van der Waals surface area contributed by atoms with E-state index in [-0.39, 0.29) is 11.4 Å². The van der Waals surface area contributed by atoms with Gasteiger partial charge in [-0.3, -0.25) is 9.48 Å². The van der Waals surface area contributed by atoms with Gasteiger partial charge >= 0.3 is 0 Å². The first-order valence-corrected chi connectivity index (χ1v) is 5.51. The zero-order valence-electron chi connectivity index (χ0n) is 10.0. The molecule has 0 bridgehead atoms. The Morgan fingerprint density at radius 3 is 2.88 bits per heavy atom. The van der Waals surface area contributed by atoms with Crippen molar-refractivity contribution in [2.75, 3.05) is 19.6 Å². The molecule has 1 fully saturated rings. The highest BCUT2D eigenvalue weighted by molar-refractivity contribution is 5.93. The first-order valence-electron chi connectivity index (χ1n) is 5.51. The van der Waals surface area contributed by atoms with Crippen LogP contribution >= 0.6 is 0 Å². The van der Waals surface area contributed by atoms with Crippen molar-refractivity contribution in [3.63, 3.8) is 0 Å². The molecule has 1 N–H and O–H groups in total. The fourth-order valence-electron chi connectivity index (χ4n) is 2.03. The Morgan fingerprint density at radius 2 is 2.31 bits per heavy atom. The third-order valence-corrected chi connectivity index (χ3v) is 2.81. The van der Waals surface area contributed by atoms with Crippen LogP contribution in [-0.4, -0.2) is 45.8 Å². The van der Waals surface area contributed by atoms with Gasteiger partial charge in [0.05, 0.1) is 11.8 Å². The lowest BCUT2D eigenvalue weighted by atomic mass is 10.0. The minimum absolute atomic E-state index is 0.00385. The topological polar surface area (TPSA) is 50.2 Å². The molecule has 0 aromatic carbocycles. The van der Waals surface area contributed by atoms with Crippen LogP contribution in [0.15, 0.2) is 12.4 Å². The standard InChI is InChI=1S/C11H18N4O/c1-11(2)8-15(5-4-12-11)10(16)9-6-13-14(3)7-9/h6-7,12H,4-5,8H2,1-3H3. The number of hydrogen-bond donors (Lipinski definition) is 1. The van der Waals surface area contributed by atoms with Crippen LogP contribution in [0.5, 0.6) is 0 Å². The van der Waals surface area contributed by atoms with E-state index in [0.717, 1.165) is 19.6 Å². The Bertz CT molecular complexity index is 396. The van der Waals surface area contributed by atoms with Gasteiger partial charge in [-0.05, 0) is 13.8 Å². The Hall–Kier alpha value is -1.36. The Balaban J connectivity index is 2.10. The second kappa shape index (κ2) is 3.90. The van der Waals surface area contributed by atoms with Crippen LogP contribution in [0.25, 0.3) is 0 Å². The molecule has 1 saturated heterocycles. The van der Waals surface area contributed by atoms with Gasteiger partial charge in [-0.2, -0.15) is 5.10 Å². The maximum atomic E-state index is 12.1. The SMILES string of the molecule is Cn1cc(C(=O)N2CCNC(C)(C)C2)cn1. The number of hydrogen-bond acceptors (Lipinski definition) is 3. The van der Waals surface area contributed by atoms with Crippen LogP contribution in [-0.2, 0) is 7.05 Å². The van der Waals surface area contributed by atoms with E-state index in [4.69, 9.17) is 0 Å². The quantitative estimate of drug-likeness (QED) is 0.740. The van der Waals surface area contributed by atoms with Crippen molar-refractivity contribution in [2.45, 2.75) is 19.4 Å². The zero-order chi connectivity index (χ0) is 11.8. The van der Waals surface area contributed by atoms with Crippen molar-refractivity contribution in [2.24, 2.45) is 7.05 Å². The van der Waals surface area contributed by atoms with Crippen LogP contribution in [0.1, 0.15) is 24.2 Å². The lowest BCUT2D eigenvalue weighted by Crippen LogP contribution is -2.58. The van der Waals surface area contributed by atoms with Gasteiger partial charge in [0.25, 0.3) is 5.91 Å². The zero-order valence-corrected chi connectivity index (χ0v) is 10.0. The number of aryl methyl sites for hydroxylation is 1. The molecule has 2 rings (SSSR count). The van der Waals surface area contributed by atoms with Crippen LogP contribution in [0.2, 0.25) is 0 Å². The largest absolute Gasteiger partial charge is 0.335 e. The summed E-state index contributed by atoms with van der Waals surface area (Å²) in [6.07, 6.45) is 3.38. The van der Waals surface area contributed by atoms with Crippen LogP contribution < -0.4 is 5.32 Å². The molecule has 1 aliphatic rings. The lowest BCUT2D eigenvalue weighted by molar-refractivity contribution is 0.0652. The maximum Gasteiger partial charge on any atom is 0.257 e. The smallest absolute Gasteiger partial charge is 0.257 e. The second-order valence-electron chi connectivity index (χ2n) is 4.94. The molecule has 1 amide bonds. The van der Waals surface area contributed by atoms with E-state index in [2.05, 4.69) is 24.3 Å². The molecule has 5 nitrogen and oxygen atoms in total. The van der Waals surface area contributed by atoms with E-state index >= 15 is 0 Å². The van der Waals surface area contributed by atoms with Gasteiger partial charge in [0.15, 0.2) is 0 Å². The Morgan fingerprint density at radius 1 is 1.56 bits per heavy atom. The normalized spacial score (nSPS) is 19.8. The number of nitrogens with one attached hydrogen (secondary N) is 1. The summed E-state index contributed by atoms with van der Waals surface area (Å²) < 4.78 is 1.65. The third kappa shape index (κ3) is 2.24. The second-order valence-corrected chi connectivity index (χ2v) is 4.94. The van der Waals surface area contributed by atoms with E-state index in [1.807, 2.05) is 11.9 Å². The van der Waals surface area contributed by atoms with Crippen molar-refractivity contribution in [3.8, 4) is 0 Å². The number of carbonyl (C=O) groups excluding carboxylic acids is 1. The van der Waals surface area contributed by atoms with Crippen molar-refractivity contribution >= 4 is 5.91 Å². The van der Waals surface area contributed by atoms with E-state index in [1.54, 1.807) is 17.1 Å². The van der Waals surface area contributed by atoms with Crippen molar-refractivity contribution in [1.29, 1.82) is 0 Å². The van der Waals surface area contributed by atoms with Crippen LogP contribution in [0.4, 0.5) is 0 Å². The third-order valence-electron chi connectivity index (χ3n) is 2.81. The molecule has 88 valence electrons. The molecule has 0 atom stereocenters. The average molecular weight is 222 g/mol. The monoisotopic (exact) mass is 222 g/mol. The van der Waals surface area contributed by atoms with Crippen molar-refractivity contribution < 1.29 is 4.79 Å². The minimum atomic E-state index is -0.00385. The van der Waals surface area contributed by atoms with E-state index in [0.29, 0.717) is 5.56 Å². The maximum absolute atomic E-state index is 12.1. The highest BCUT2D eigenvalue weighted by Crippen LogP contribution is 2.13. The highest BCUT2D eigenvalue weighted by Gasteiger charge is 2.29. The summed E-state index contributed by atoms with van der Waals surface area (Å²) in [5.41, 5.74) is 0.663. The van der Waals surface area contributed by atoms with Gasteiger partial charge < -0.3 is 10.2 Å². The van der Waals surface area contributed by atoms with Crippen molar-refractivity contribution in [3.05, 3.63) is 18.0 Å². The molecule has 0 saturated carbocycles. The number of piperazine rings is 1. The Labute approximate surface area is 95.4 Å². The number of nitrogens with zero attached hydrogens (tertiary/aromatic N) is 3. The number of rotatable bonds is 1. The molecule has 16 heavy (non-hydrogen) atoms. The van der Waals surface area contributed by atoms with Gasteiger partial charge in [-0.15, -0.1) is 0 Å². The van der Waals surface area contributed by atoms with Gasteiger partial charge in [0, 0.05) is 38.4 Å². The highest BCUT2D eigenvalue weighted by atomic mass is 16.2. The van der Waals surface area contributed by atoms with Crippen LogP contribution in [0.3, 0.4) is 0 Å². The first kappa shape index (κ1) is 11.1. The number of amides is 1. The predicted molar refractivity (Wildman–Crippen MR) is 61.2 cm³/mol. The molecule has 2 heterocycles. The molecule has 0 unspecified atom stereocenters. The lowest BCUT2D eigenvalue weighted by Gasteiger charge is -2.38. The Kier molecular flexibility index (Phi) is 2.71. The molecule has 0 aliphatic carbocycles. The molecule has 1 aromatic rings.